The molecule has 0 saturated heterocycles. The van der Waals surface area contributed by atoms with Crippen LogP contribution in [-0.4, -0.2) is 28.2 Å². The molecule has 0 radical (unpaired) electrons. The molecule has 1 amide bonds. The van der Waals surface area contributed by atoms with Crippen molar-refractivity contribution < 1.29 is 4.79 Å². The van der Waals surface area contributed by atoms with Crippen LogP contribution in [-0.2, 0) is 0 Å². The fraction of sp³-hybridized carbons (Fsp3) is 0.600. The fourth-order valence-corrected chi connectivity index (χ4v) is 1.10. The largest absolute Gasteiger partial charge is 0.349 e. The van der Waals surface area contributed by atoms with Crippen LogP contribution in [0.15, 0.2) is 0 Å². The first-order valence-corrected chi connectivity index (χ1v) is 4.90. The van der Waals surface area contributed by atoms with Crippen LogP contribution >= 0.6 is 0 Å². The fourth-order valence-electron chi connectivity index (χ4n) is 1.10. The smallest absolute Gasteiger partial charge is 0.272 e. The summed E-state index contributed by atoms with van der Waals surface area (Å²) in [5.74, 6) is -0.185. The quantitative estimate of drug-likeness (QED) is 0.679. The van der Waals surface area contributed by atoms with Crippen LogP contribution in [0.25, 0.3) is 0 Å². The second-order valence-corrected chi connectivity index (χ2v) is 4.49. The molecule has 0 aromatic carbocycles. The van der Waals surface area contributed by atoms with E-state index in [0.717, 1.165) is 11.3 Å². The van der Waals surface area contributed by atoms with E-state index in [0.29, 0.717) is 12.2 Å². The first kappa shape index (κ1) is 11.7. The minimum Gasteiger partial charge on any atom is -0.349 e. The number of aromatic amines is 1. The zero-order valence-electron chi connectivity index (χ0n) is 9.64. The summed E-state index contributed by atoms with van der Waals surface area (Å²) < 4.78 is 0. The second kappa shape index (κ2) is 4.02. The molecule has 5 heteroatoms. The van der Waals surface area contributed by atoms with Gasteiger partial charge in [-0.1, -0.05) is 0 Å². The number of nitrogens with one attached hydrogen (secondary N) is 2. The number of aryl methyl sites for hydroxylation is 1. The summed E-state index contributed by atoms with van der Waals surface area (Å²) in [7, 11) is 0. The molecule has 0 fully saturated rings. The molecule has 1 heterocycles. The molecule has 4 N–H and O–H groups in total. The van der Waals surface area contributed by atoms with Crippen LogP contribution < -0.4 is 11.1 Å². The highest BCUT2D eigenvalue weighted by molar-refractivity contribution is 5.93. The standard InChI is InChI=1S/C10H18N4O/c1-6-7(2)13-14-8(6)9(15)12-5-10(3,4)11/h5,11H2,1-4H3,(H,12,15)(H,13,14). The van der Waals surface area contributed by atoms with Gasteiger partial charge in [0.25, 0.3) is 5.91 Å². The summed E-state index contributed by atoms with van der Waals surface area (Å²) in [6, 6.07) is 0. The average Bonchev–Trinajstić information content (AvgIpc) is 2.43. The highest BCUT2D eigenvalue weighted by Crippen LogP contribution is 2.08. The summed E-state index contributed by atoms with van der Waals surface area (Å²) in [5, 5.41) is 9.46. The molecule has 0 aliphatic rings. The Morgan fingerprint density at radius 2 is 2.13 bits per heavy atom. The van der Waals surface area contributed by atoms with E-state index in [1.165, 1.54) is 0 Å². The van der Waals surface area contributed by atoms with Crippen LogP contribution in [0.3, 0.4) is 0 Å². The number of hydrogen-bond acceptors (Lipinski definition) is 3. The molecule has 1 rings (SSSR count). The van der Waals surface area contributed by atoms with E-state index in [4.69, 9.17) is 5.73 Å². The summed E-state index contributed by atoms with van der Waals surface area (Å²) in [6.07, 6.45) is 0. The van der Waals surface area contributed by atoms with Gasteiger partial charge in [0.15, 0.2) is 5.69 Å². The number of nitrogens with two attached hydrogens (primary N) is 1. The van der Waals surface area contributed by atoms with Crippen molar-refractivity contribution >= 4 is 5.91 Å². The topological polar surface area (TPSA) is 83.8 Å². The molecule has 5 nitrogen and oxygen atoms in total. The van der Waals surface area contributed by atoms with E-state index in [1.807, 2.05) is 27.7 Å². The summed E-state index contributed by atoms with van der Waals surface area (Å²) >= 11 is 0. The number of amides is 1. The third-order valence-electron chi connectivity index (χ3n) is 2.17. The lowest BCUT2D eigenvalue weighted by molar-refractivity contribution is 0.0940. The Balaban J connectivity index is 2.66. The Morgan fingerprint density at radius 3 is 2.53 bits per heavy atom. The minimum atomic E-state index is -0.408. The monoisotopic (exact) mass is 210 g/mol. The first-order valence-electron chi connectivity index (χ1n) is 4.90. The van der Waals surface area contributed by atoms with Crippen molar-refractivity contribution in [3.8, 4) is 0 Å². The van der Waals surface area contributed by atoms with Crippen molar-refractivity contribution in [2.24, 2.45) is 5.73 Å². The molecule has 0 aliphatic heterocycles. The first-order chi connectivity index (χ1) is 6.81. The van der Waals surface area contributed by atoms with E-state index >= 15 is 0 Å². The zero-order chi connectivity index (χ0) is 11.6. The predicted octanol–water partition coefficient (Wildman–Crippen LogP) is 0.494. The van der Waals surface area contributed by atoms with Crippen molar-refractivity contribution in [3.63, 3.8) is 0 Å². The number of rotatable bonds is 3. The third-order valence-corrected chi connectivity index (χ3v) is 2.17. The lowest BCUT2D eigenvalue weighted by atomic mass is 10.1. The number of H-pyrrole nitrogens is 1. The molecule has 0 atom stereocenters. The highest BCUT2D eigenvalue weighted by Gasteiger charge is 2.17. The summed E-state index contributed by atoms with van der Waals surface area (Å²) in [4.78, 5) is 11.7. The number of carbonyl (C=O) groups is 1. The molecule has 15 heavy (non-hydrogen) atoms. The lowest BCUT2D eigenvalue weighted by Crippen LogP contribution is -2.45. The number of hydrogen-bond donors (Lipinski definition) is 3. The number of aromatic nitrogens is 2. The highest BCUT2D eigenvalue weighted by atomic mass is 16.1. The maximum atomic E-state index is 11.7. The van der Waals surface area contributed by atoms with Crippen LogP contribution in [0.5, 0.6) is 0 Å². The second-order valence-electron chi connectivity index (χ2n) is 4.49. The van der Waals surface area contributed by atoms with Crippen molar-refractivity contribution in [1.29, 1.82) is 0 Å². The van der Waals surface area contributed by atoms with Crippen LogP contribution in [0, 0.1) is 13.8 Å². The van der Waals surface area contributed by atoms with Gasteiger partial charge >= 0.3 is 0 Å². The molecule has 1 aromatic rings. The van der Waals surface area contributed by atoms with Crippen LogP contribution in [0.4, 0.5) is 0 Å². The van der Waals surface area contributed by atoms with Gasteiger partial charge in [0.05, 0.1) is 0 Å². The van der Waals surface area contributed by atoms with Gasteiger partial charge in [-0.15, -0.1) is 0 Å². The SMILES string of the molecule is Cc1[nH]nc(C(=O)NCC(C)(C)N)c1C. The molecular weight excluding hydrogens is 192 g/mol. The predicted molar refractivity (Wildman–Crippen MR) is 58.7 cm³/mol. The maximum absolute atomic E-state index is 11.7. The average molecular weight is 210 g/mol. The zero-order valence-corrected chi connectivity index (χ0v) is 9.64. The van der Waals surface area contributed by atoms with E-state index in [9.17, 15) is 4.79 Å². The molecule has 84 valence electrons. The maximum Gasteiger partial charge on any atom is 0.272 e. The molecule has 0 spiro atoms. The van der Waals surface area contributed by atoms with Crippen molar-refractivity contribution in [3.05, 3.63) is 17.0 Å². The van der Waals surface area contributed by atoms with E-state index in [-0.39, 0.29) is 5.91 Å². The number of nitrogens with zero attached hydrogens (tertiary/aromatic N) is 1. The minimum absolute atomic E-state index is 0.185. The third kappa shape index (κ3) is 3.06. The molecule has 0 unspecified atom stereocenters. The molecule has 0 aliphatic carbocycles. The van der Waals surface area contributed by atoms with Crippen LogP contribution in [0.1, 0.15) is 35.6 Å². The molecule has 0 saturated carbocycles. The van der Waals surface area contributed by atoms with Gasteiger partial charge in [-0.3, -0.25) is 9.89 Å². The van der Waals surface area contributed by atoms with Gasteiger partial charge in [-0.25, -0.2) is 0 Å². The van der Waals surface area contributed by atoms with Gasteiger partial charge in [0.1, 0.15) is 0 Å². The Bertz CT molecular complexity index is 362. The van der Waals surface area contributed by atoms with E-state index in [2.05, 4.69) is 15.5 Å². The summed E-state index contributed by atoms with van der Waals surface area (Å²) in [5.41, 5.74) is 7.58. The van der Waals surface area contributed by atoms with Gasteiger partial charge in [0, 0.05) is 23.3 Å². The van der Waals surface area contributed by atoms with Crippen LogP contribution in [0.2, 0.25) is 0 Å². The molecular formula is C10H18N4O. The van der Waals surface area contributed by atoms with Gasteiger partial charge < -0.3 is 11.1 Å². The molecule has 1 aromatic heterocycles. The lowest BCUT2D eigenvalue weighted by Gasteiger charge is -2.18. The summed E-state index contributed by atoms with van der Waals surface area (Å²) in [6.45, 7) is 7.89. The Kier molecular flexibility index (Phi) is 3.14. The Hall–Kier alpha value is -1.36. The Morgan fingerprint density at radius 1 is 1.53 bits per heavy atom. The van der Waals surface area contributed by atoms with Crippen molar-refractivity contribution in [2.75, 3.05) is 6.54 Å². The Labute approximate surface area is 89.4 Å². The normalized spacial score (nSPS) is 11.5. The van der Waals surface area contributed by atoms with Gasteiger partial charge in [0.2, 0.25) is 0 Å². The van der Waals surface area contributed by atoms with Gasteiger partial charge in [-0.2, -0.15) is 5.10 Å². The number of carbonyl (C=O) groups excluding carboxylic acids is 1. The van der Waals surface area contributed by atoms with E-state index in [1.54, 1.807) is 0 Å². The van der Waals surface area contributed by atoms with Crippen molar-refractivity contribution in [1.82, 2.24) is 15.5 Å². The van der Waals surface area contributed by atoms with E-state index < -0.39 is 5.54 Å². The molecule has 0 bridgehead atoms. The van der Waals surface area contributed by atoms with Crippen molar-refractivity contribution in [2.45, 2.75) is 33.2 Å². The van der Waals surface area contributed by atoms with Gasteiger partial charge in [-0.05, 0) is 27.7 Å².